The number of nitrogens with one attached hydrogen (secondary N) is 1. The van der Waals surface area contributed by atoms with Gasteiger partial charge in [-0.1, -0.05) is 11.2 Å². The summed E-state index contributed by atoms with van der Waals surface area (Å²) in [6, 6.07) is 6.25. The Kier molecular flexibility index (Phi) is 2.43. The van der Waals surface area contributed by atoms with E-state index < -0.39 is 0 Å². The van der Waals surface area contributed by atoms with Crippen molar-refractivity contribution in [1.29, 1.82) is 0 Å². The molecule has 1 aliphatic rings. The van der Waals surface area contributed by atoms with Crippen LogP contribution in [0.4, 0.5) is 0 Å². The summed E-state index contributed by atoms with van der Waals surface area (Å²) in [4.78, 5) is 9.35. The quantitative estimate of drug-likeness (QED) is 0.775. The zero-order chi connectivity index (χ0) is 12.7. The summed E-state index contributed by atoms with van der Waals surface area (Å²) in [6.45, 7) is 1.84. The minimum Gasteiger partial charge on any atom is -0.334 e. The third kappa shape index (κ3) is 1.85. The predicted octanol–water partition coefficient (Wildman–Crippen LogP) is 2.46. The van der Waals surface area contributed by atoms with Crippen molar-refractivity contribution < 1.29 is 4.52 Å². The van der Waals surface area contributed by atoms with E-state index >= 15 is 0 Å². The molecule has 0 amide bonds. The van der Waals surface area contributed by atoms with Crippen molar-refractivity contribution in [1.82, 2.24) is 20.4 Å². The number of benzene rings is 1. The van der Waals surface area contributed by atoms with Crippen LogP contribution < -0.4 is 5.32 Å². The van der Waals surface area contributed by atoms with Crippen molar-refractivity contribution in [2.45, 2.75) is 13.1 Å². The second-order valence-corrected chi connectivity index (χ2v) is 5.26. The number of fused-ring (bicyclic) bond motifs is 1. The predicted molar refractivity (Wildman–Crippen MR) is 71.4 cm³/mol. The van der Waals surface area contributed by atoms with Crippen LogP contribution in [0.15, 0.2) is 34.4 Å². The normalized spacial score (nSPS) is 13.7. The highest BCUT2D eigenvalue weighted by molar-refractivity contribution is 7.13. The van der Waals surface area contributed by atoms with Gasteiger partial charge in [0.1, 0.15) is 0 Å². The molecule has 0 fully saturated rings. The van der Waals surface area contributed by atoms with Crippen molar-refractivity contribution in [2.24, 2.45) is 0 Å². The Morgan fingerprint density at radius 1 is 1.21 bits per heavy atom. The van der Waals surface area contributed by atoms with Gasteiger partial charge in [0.15, 0.2) is 0 Å². The molecule has 0 saturated carbocycles. The Bertz CT molecular complexity index is 720. The molecule has 19 heavy (non-hydrogen) atoms. The molecule has 0 radical (unpaired) electrons. The fourth-order valence-electron chi connectivity index (χ4n) is 2.19. The standard InChI is InChI=1S/C13H10N4OS/c1-2-9-4-14-5-10(9)3-8(1)13-16-12(17-18-13)11-6-15-7-19-11/h1-3,6-7,14H,4-5H2. The fourth-order valence-corrected chi connectivity index (χ4v) is 2.74. The van der Waals surface area contributed by atoms with E-state index in [-0.39, 0.29) is 0 Å². The number of nitrogens with zero attached hydrogens (tertiary/aromatic N) is 3. The highest BCUT2D eigenvalue weighted by atomic mass is 32.1. The van der Waals surface area contributed by atoms with Crippen LogP contribution in [0.1, 0.15) is 11.1 Å². The highest BCUT2D eigenvalue weighted by Crippen LogP contribution is 2.27. The molecule has 0 bridgehead atoms. The third-order valence-corrected chi connectivity index (χ3v) is 3.93. The molecule has 4 rings (SSSR count). The minimum absolute atomic E-state index is 0.554. The van der Waals surface area contributed by atoms with Gasteiger partial charge in [-0.05, 0) is 23.3 Å². The summed E-state index contributed by atoms with van der Waals surface area (Å²) in [5.74, 6) is 1.15. The van der Waals surface area contributed by atoms with E-state index in [1.165, 1.54) is 22.5 Å². The summed E-state index contributed by atoms with van der Waals surface area (Å²) in [5.41, 5.74) is 5.36. The number of hydrogen-bond donors (Lipinski definition) is 1. The van der Waals surface area contributed by atoms with Crippen molar-refractivity contribution in [3.63, 3.8) is 0 Å². The van der Waals surface area contributed by atoms with Gasteiger partial charge < -0.3 is 9.84 Å². The molecule has 0 saturated heterocycles. The summed E-state index contributed by atoms with van der Waals surface area (Å²) < 4.78 is 5.33. The van der Waals surface area contributed by atoms with Crippen LogP contribution in [-0.4, -0.2) is 15.1 Å². The topological polar surface area (TPSA) is 63.8 Å². The molecular weight excluding hydrogens is 260 g/mol. The molecule has 1 aliphatic heterocycles. The monoisotopic (exact) mass is 270 g/mol. The SMILES string of the molecule is c1ncc(-c2noc(-c3ccc4c(c3)CNC4)n2)s1. The summed E-state index contributed by atoms with van der Waals surface area (Å²) in [5, 5.41) is 7.32. The number of rotatable bonds is 2. The van der Waals surface area contributed by atoms with Gasteiger partial charge in [0.05, 0.1) is 10.4 Å². The maximum atomic E-state index is 5.33. The van der Waals surface area contributed by atoms with Gasteiger partial charge in [-0.3, -0.25) is 4.98 Å². The van der Waals surface area contributed by atoms with Gasteiger partial charge in [-0.25, -0.2) is 0 Å². The Labute approximate surface area is 113 Å². The maximum absolute atomic E-state index is 5.33. The van der Waals surface area contributed by atoms with Gasteiger partial charge in [0.2, 0.25) is 5.82 Å². The van der Waals surface area contributed by atoms with Crippen LogP contribution in [0.3, 0.4) is 0 Å². The Morgan fingerprint density at radius 2 is 2.16 bits per heavy atom. The van der Waals surface area contributed by atoms with Crippen LogP contribution in [0.2, 0.25) is 0 Å². The van der Waals surface area contributed by atoms with Crippen molar-refractivity contribution in [2.75, 3.05) is 0 Å². The van der Waals surface area contributed by atoms with Crippen molar-refractivity contribution in [3.8, 4) is 22.2 Å². The molecule has 3 aromatic rings. The Morgan fingerprint density at radius 3 is 3.05 bits per heavy atom. The average Bonchev–Trinajstić information content (AvgIpc) is 3.18. The van der Waals surface area contributed by atoms with E-state index in [0.717, 1.165) is 23.5 Å². The first-order valence-electron chi connectivity index (χ1n) is 5.95. The molecule has 5 nitrogen and oxygen atoms in total. The smallest absolute Gasteiger partial charge is 0.258 e. The zero-order valence-electron chi connectivity index (χ0n) is 9.96. The molecule has 1 aromatic carbocycles. The van der Waals surface area contributed by atoms with E-state index in [2.05, 4.69) is 32.6 Å². The van der Waals surface area contributed by atoms with E-state index in [1.807, 2.05) is 6.07 Å². The van der Waals surface area contributed by atoms with Gasteiger partial charge in [-0.2, -0.15) is 4.98 Å². The molecule has 0 atom stereocenters. The van der Waals surface area contributed by atoms with Gasteiger partial charge >= 0.3 is 0 Å². The molecule has 0 unspecified atom stereocenters. The lowest BCUT2D eigenvalue weighted by Gasteiger charge is -1.99. The maximum Gasteiger partial charge on any atom is 0.258 e. The number of hydrogen-bond acceptors (Lipinski definition) is 6. The Balaban J connectivity index is 1.73. The second kappa shape index (κ2) is 4.25. The molecular formula is C13H10N4OS. The first-order valence-corrected chi connectivity index (χ1v) is 6.83. The van der Waals surface area contributed by atoms with Gasteiger partial charge in [0.25, 0.3) is 5.89 Å². The Hall–Kier alpha value is -2.05. The minimum atomic E-state index is 0.554. The second-order valence-electron chi connectivity index (χ2n) is 4.38. The lowest BCUT2D eigenvalue weighted by Crippen LogP contribution is -1.99. The summed E-state index contributed by atoms with van der Waals surface area (Å²) >= 11 is 1.50. The summed E-state index contributed by atoms with van der Waals surface area (Å²) in [6.07, 6.45) is 1.74. The molecule has 0 aliphatic carbocycles. The lowest BCUT2D eigenvalue weighted by atomic mass is 10.1. The van der Waals surface area contributed by atoms with Crippen LogP contribution in [0.25, 0.3) is 22.2 Å². The molecule has 6 heteroatoms. The summed E-state index contributed by atoms with van der Waals surface area (Å²) in [7, 11) is 0. The van der Waals surface area contributed by atoms with E-state index in [1.54, 1.807) is 11.7 Å². The molecule has 1 N–H and O–H groups in total. The van der Waals surface area contributed by atoms with Crippen LogP contribution >= 0.6 is 11.3 Å². The third-order valence-electron chi connectivity index (χ3n) is 3.16. The molecule has 2 aromatic heterocycles. The van der Waals surface area contributed by atoms with E-state index in [9.17, 15) is 0 Å². The van der Waals surface area contributed by atoms with E-state index in [0.29, 0.717) is 11.7 Å². The highest BCUT2D eigenvalue weighted by Gasteiger charge is 2.15. The number of thiazole rings is 1. The molecule has 3 heterocycles. The van der Waals surface area contributed by atoms with Crippen molar-refractivity contribution in [3.05, 3.63) is 41.0 Å². The first kappa shape index (κ1) is 10.8. The van der Waals surface area contributed by atoms with Crippen LogP contribution in [0, 0.1) is 0 Å². The lowest BCUT2D eigenvalue weighted by molar-refractivity contribution is 0.432. The van der Waals surface area contributed by atoms with Crippen LogP contribution in [-0.2, 0) is 13.1 Å². The van der Waals surface area contributed by atoms with Crippen molar-refractivity contribution >= 4 is 11.3 Å². The number of aromatic nitrogens is 3. The van der Waals surface area contributed by atoms with Crippen LogP contribution in [0.5, 0.6) is 0 Å². The van der Waals surface area contributed by atoms with E-state index in [4.69, 9.17) is 4.52 Å². The average molecular weight is 270 g/mol. The fraction of sp³-hybridized carbons (Fsp3) is 0.154. The zero-order valence-corrected chi connectivity index (χ0v) is 10.8. The van der Waals surface area contributed by atoms with Gasteiger partial charge in [-0.15, -0.1) is 11.3 Å². The molecule has 0 spiro atoms. The largest absolute Gasteiger partial charge is 0.334 e. The molecule has 94 valence electrons. The first-order chi connectivity index (χ1) is 9.40. The van der Waals surface area contributed by atoms with Gasteiger partial charge in [0, 0.05) is 24.8 Å².